The maximum absolute atomic E-state index is 11.6. The lowest BCUT2D eigenvalue weighted by Gasteiger charge is -2.25. The van der Waals surface area contributed by atoms with E-state index in [0.717, 1.165) is 25.5 Å². The average molecular weight is 243 g/mol. The molecule has 1 aliphatic rings. The van der Waals surface area contributed by atoms with E-state index in [4.69, 9.17) is 9.47 Å². The lowest BCUT2D eigenvalue weighted by molar-refractivity contribution is -0.147. The van der Waals surface area contributed by atoms with Crippen LogP contribution in [-0.2, 0) is 14.3 Å². The predicted octanol–water partition coefficient (Wildman–Crippen LogP) is 1.73. The van der Waals surface area contributed by atoms with Gasteiger partial charge in [0.05, 0.1) is 13.2 Å². The third-order valence-corrected chi connectivity index (χ3v) is 3.20. The Hall–Kier alpha value is -0.610. The standard InChI is InChI=1S/C13H25NO3/c1-3-14-12(13(15)17-4-2)10-16-9-8-11-6-5-7-11/h11-12,14H,3-10H2,1-2H3. The molecule has 1 atom stereocenters. The molecule has 17 heavy (non-hydrogen) atoms. The molecule has 1 saturated carbocycles. The molecule has 1 unspecified atom stereocenters. The van der Waals surface area contributed by atoms with Gasteiger partial charge in [-0.25, -0.2) is 0 Å². The third-order valence-electron chi connectivity index (χ3n) is 3.20. The minimum Gasteiger partial charge on any atom is -0.465 e. The number of rotatable bonds is 9. The summed E-state index contributed by atoms with van der Waals surface area (Å²) in [5.74, 6) is 0.646. The SMILES string of the molecule is CCNC(COCCC1CCC1)C(=O)OCC. The van der Waals surface area contributed by atoms with Gasteiger partial charge in [-0.15, -0.1) is 0 Å². The van der Waals surface area contributed by atoms with Gasteiger partial charge in [0.2, 0.25) is 0 Å². The van der Waals surface area contributed by atoms with E-state index in [1.165, 1.54) is 19.3 Å². The fourth-order valence-corrected chi connectivity index (χ4v) is 1.93. The zero-order chi connectivity index (χ0) is 12.5. The Morgan fingerprint density at radius 3 is 2.71 bits per heavy atom. The molecule has 0 aromatic carbocycles. The Morgan fingerprint density at radius 1 is 1.41 bits per heavy atom. The summed E-state index contributed by atoms with van der Waals surface area (Å²) >= 11 is 0. The van der Waals surface area contributed by atoms with E-state index in [1.807, 2.05) is 13.8 Å². The van der Waals surface area contributed by atoms with Crippen molar-refractivity contribution >= 4 is 5.97 Å². The van der Waals surface area contributed by atoms with Crippen molar-refractivity contribution in [2.45, 2.75) is 45.6 Å². The summed E-state index contributed by atoms with van der Waals surface area (Å²) < 4.78 is 10.5. The molecule has 0 aromatic rings. The first-order valence-electron chi connectivity index (χ1n) is 6.75. The van der Waals surface area contributed by atoms with Gasteiger partial charge >= 0.3 is 5.97 Å². The van der Waals surface area contributed by atoms with Gasteiger partial charge in [-0.3, -0.25) is 4.79 Å². The van der Waals surface area contributed by atoms with E-state index in [1.54, 1.807) is 0 Å². The van der Waals surface area contributed by atoms with Crippen LogP contribution in [0, 0.1) is 5.92 Å². The van der Waals surface area contributed by atoms with Gasteiger partial charge in [0.25, 0.3) is 0 Å². The topological polar surface area (TPSA) is 47.6 Å². The highest BCUT2D eigenvalue weighted by atomic mass is 16.5. The first-order chi connectivity index (χ1) is 8.27. The van der Waals surface area contributed by atoms with Gasteiger partial charge in [-0.2, -0.15) is 0 Å². The number of esters is 1. The molecule has 1 aliphatic carbocycles. The van der Waals surface area contributed by atoms with Crippen LogP contribution in [0.15, 0.2) is 0 Å². The van der Waals surface area contributed by atoms with E-state index < -0.39 is 0 Å². The van der Waals surface area contributed by atoms with Crippen molar-refractivity contribution in [1.82, 2.24) is 5.32 Å². The Kier molecular flexibility index (Phi) is 7.21. The van der Waals surface area contributed by atoms with Crippen LogP contribution in [0.5, 0.6) is 0 Å². The number of hydrogen-bond donors (Lipinski definition) is 1. The van der Waals surface area contributed by atoms with Crippen LogP contribution in [0.1, 0.15) is 39.5 Å². The summed E-state index contributed by atoms with van der Waals surface area (Å²) in [6.07, 6.45) is 5.19. The monoisotopic (exact) mass is 243 g/mol. The van der Waals surface area contributed by atoms with Gasteiger partial charge in [0.1, 0.15) is 6.04 Å². The van der Waals surface area contributed by atoms with Gasteiger partial charge in [0.15, 0.2) is 0 Å². The van der Waals surface area contributed by atoms with Crippen molar-refractivity contribution in [2.75, 3.05) is 26.4 Å². The zero-order valence-corrected chi connectivity index (χ0v) is 11.0. The minimum atomic E-state index is -0.318. The van der Waals surface area contributed by atoms with E-state index >= 15 is 0 Å². The summed E-state index contributed by atoms with van der Waals surface area (Å²) in [6.45, 7) is 6.13. The molecule has 0 heterocycles. The fraction of sp³-hybridized carbons (Fsp3) is 0.923. The summed E-state index contributed by atoms with van der Waals surface area (Å²) in [4.78, 5) is 11.6. The highest BCUT2D eigenvalue weighted by Crippen LogP contribution is 2.29. The van der Waals surface area contributed by atoms with Crippen molar-refractivity contribution in [3.05, 3.63) is 0 Å². The molecule has 0 amide bonds. The van der Waals surface area contributed by atoms with Crippen LogP contribution in [0.25, 0.3) is 0 Å². The molecule has 4 heteroatoms. The Labute approximate surface area is 104 Å². The molecule has 0 spiro atoms. The second-order valence-electron chi connectivity index (χ2n) is 4.52. The average Bonchev–Trinajstić information content (AvgIpc) is 2.25. The van der Waals surface area contributed by atoms with Crippen LogP contribution < -0.4 is 5.32 Å². The Morgan fingerprint density at radius 2 is 2.18 bits per heavy atom. The fourth-order valence-electron chi connectivity index (χ4n) is 1.93. The van der Waals surface area contributed by atoms with Crippen LogP contribution >= 0.6 is 0 Å². The summed E-state index contributed by atoms with van der Waals surface area (Å²) in [7, 11) is 0. The number of likely N-dealkylation sites (N-methyl/N-ethyl adjacent to an activating group) is 1. The minimum absolute atomic E-state index is 0.210. The number of carbonyl (C=O) groups is 1. The summed E-state index contributed by atoms with van der Waals surface area (Å²) in [5.41, 5.74) is 0. The second-order valence-corrected chi connectivity index (χ2v) is 4.52. The van der Waals surface area contributed by atoms with E-state index in [2.05, 4.69) is 5.32 Å². The molecule has 100 valence electrons. The number of ether oxygens (including phenoxy) is 2. The third kappa shape index (κ3) is 5.50. The maximum atomic E-state index is 11.6. The summed E-state index contributed by atoms with van der Waals surface area (Å²) in [6, 6.07) is -0.318. The van der Waals surface area contributed by atoms with Crippen LogP contribution in [-0.4, -0.2) is 38.4 Å². The first-order valence-corrected chi connectivity index (χ1v) is 6.75. The summed E-state index contributed by atoms with van der Waals surface area (Å²) in [5, 5.41) is 3.08. The number of nitrogens with one attached hydrogen (secondary N) is 1. The molecule has 1 N–H and O–H groups in total. The van der Waals surface area contributed by atoms with Crippen molar-refractivity contribution in [3.8, 4) is 0 Å². The number of carbonyl (C=O) groups excluding carboxylic acids is 1. The lowest BCUT2D eigenvalue weighted by atomic mass is 9.83. The van der Waals surface area contributed by atoms with Gasteiger partial charge in [0, 0.05) is 6.61 Å². The van der Waals surface area contributed by atoms with Crippen molar-refractivity contribution in [3.63, 3.8) is 0 Å². The van der Waals surface area contributed by atoms with E-state index in [-0.39, 0.29) is 12.0 Å². The van der Waals surface area contributed by atoms with Gasteiger partial charge in [-0.1, -0.05) is 26.2 Å². The highest BCUT2D eigenvalue weighted by Gasteiger charge is 2.20. The zero-order valence-electron chi connectivity index (χ0n) is 11.0. The molecule has 0 aromatic heterocycles. The van der Waals surface area contributed by atoms with Crippen LogP contribution in [0.3, 0.4) is 0 Å². The van der Waals surface area contributed by atoms with Crippen LogP contribution in [0.4, 0.5) is 0 Å². The van der Waals surface area contributed by atoms with Gasteiger partial charge in [-0.05, 0) is 25.8 Å². The molecular weight excluding hydrogens is 218 g/mol. The molecule has 0 radical (unpaired) electrons. The normalized spacial score (nSPS) is 17.5. The maximum Gasteiger partial charge on any atom is 0.325 e. The van der Waals surface area contributed by atoms with E-state index in [0.29, 0.717) is 13.2 Å². The van der Waals surface area contributed by atoms with Gasteiger partial charge < -0.3 is 14.8 Å². The molecule has 0 aliphatic heterocycles. The smallest absolute Gasteiger partial charge is 0.325 e. The molecule has 4 nitrogen and oxygen atoms in total. The number of hydrogen-bond acceptors (Lipinski definition) is 4. The first kappa shape index (κ1) is 14.5. The highest BCUT2D eigenvalue weighted by molar-refractivity contribution is 5.75. The largest absolute Gasteiger partial charge is 0.465 e. The lowest BCUT2D eigenvalue weighted by Crippen LogP contribution is -2.41. The van der Waals surface area contributed by atoms with Crippen molar-refractivity contribution < 1.29 is 14.3 Å². The Bertz CT molecular complexity index is 217. The quantitative estimate of drug-likeness (QED) is 0.495. The Balaban J connectivity index is 2.11. The second kappa shape index (κ2) is 8.48. The van der Waals surface area contributed by atoms with Crippen LogP contribution in [0.2, 0.25) is 0 Å². The molecule has 1 rings (SSSR count). The molecule has 0 bridgehead atoms. The molecule has 1 fully saturated rings. The van der Waals surface area contributed by atoms with E-state index in [9.17, 15) is 4.79 Å². The van der Waals surface area contributed by atoms with Crippen molar-refractivity contribution in [1.29, 1.82) is 0 Å². The van der Waals surface area contributed by atoms with Crippen molar-refractivity contribution in [2.24, 2.45) is 5.92 Å². The molecule has 0 saturated heterocycles. The molecular formula is C13H25NO3. The predicted molar refractivity (Wildman–Crippen MR) is 66.9 cm³/mol.